The molecule has 3 aliphatic carbocycles. The monoisotopic (exact) mass is 341 g/mol. The van der Waals surface area contributed by atoms with Gasteiger partial charge in [-0.2, -0.15) is 0 Å². The van der Waals surface area contributed by atoms with Gasteiger partial charge in [0.2, 0.25) is 0 Å². The van der Waals surface area contributed by atoms with Gasteiger partial charge in [0, 0.05) is 18.0 Å². The molecule has 5 heteroatoms. The molecular weight excluding hydrogens is 314 g/mol. The Labute approximate surface area is 148 Å². The van der Waals surface area contributed by atoms with E-state index in [-0.39, 0.29) is 11.9 Å². The molecule has 25 heavy (non-hydrogen) atoms. The van der Waals surface area contributed by atoms with Gasteiger partial charge in [0.1, 0.15) is 5.76 Å². The van der Waals surface area contributed by atoms with Crippen molar-refractivity contribution in [3.63, 3.8) is 0 Å². The summed E-state index contributed by atoms with van der Waals surface area (Å²) in [6, 6.07) is 2.16. The van der Waals surface area contributed by atoms with Crippen LogP contribution < -0.4 is 11.1 Å². The van der Waals surface area contributed by atoms with Crippen LogP contribution in [0.25, 0.3) is 0 Å². The van der Waals surface area contributed by atoms with Gasteiger partial charge >= 0.3 is 0 Å². The van der Waals surface area contributed by atoms with Crippen LogP contribution >= 0.6 is 0 Å². The second-order valence-corrected chi connectivity index (χ2v) is 7.70. The van der Waals surface area contributed by atoms with Crippen LogP contribution in [0.1, 0.15) is 73.5 Å². The van der Waals surface area contributed by atoms with Gasteiger partial charge in [-0.3, -0.25) is 4.79 Å². The first-order valence-electron chi connectivity index (χ1n) is 9.60. The maximum Gasteiger partial charge on any atom is 0.273 e. The predicted octanol–water partition coefficient (Wildman–Crippen LogP) is 3.44. The average Bonchev–Trinajstić information content (AvgIpc) is 3.38. The molecule has 1 amide bonds. The van der Waals surface area contributed by atoms with Gasteiger partial charge in [0.05, 0.1) is 6.04 Å². The van der Waals surface area contributed by atoms with Gasteiger partial charge < -0.3 is 15.6 Å². The molecule has 2 fully saturated rings. The largest absolute Gasteiger partial charge is 0.360 e. The molecule has 1 aromatic rings. The lowest BCUT2D eigenvalue weighted by molar-refractivity contribution is 0.0914. The molecule has 5 nitrogen and oxygen atoms in total. The lowest BCUT2D eigenvalue weighted by Crippen LogP contribution is -2.44. The topological polar surface area (TPSA) is 81.1 Å². The molecule has 1 unspecified atom stereocenters. The molecule has 134 valence electrons. The fraction of sp³-hybridized carbons (Fsp3) is 0.600. The number of rotatable bonds is 5. The maximum atomic E-state index is 12.8. The summed E-state index contributed by atoms with van der Waals surface area (Å²) in [6.07, 6.45) is 15.2. The van der Waals surface area contributed by atoms with Crippen molar-refractivity contribution in [3.8, 4) is 0 Å². The zero-order valence-corrected chi connectivity index (χ0v) is 14.6. The molecule has 1 heterocycles. The lowest BCUT2D eigenvalue weighted by Gasteiger charge is -2.34. The fourth-order valence-electron chi connectivity index (χ4n) is 3.99. The van der Waals surface area contributed by atoms with Gasteiger partial charge in [0.25, 0.3) is 5.91 Å². The first-order valence-corrected chi connectivity index (χ1v) is 9.60. The highest BCUT2D eigenvalue weighted by Crippen LogP contribution is 2.40. The minimum atomic E-state index is -0.129. The van der Waals surface area contributed by atoms with Gasteiger partial charge in [-0.05, 0) is 62.9 Å². The van der Waals surface area contributed by atoms with Gasteiger partial charge in [-0.15, -0.1) is 0 Å². The molecule has 0 aromatic carbocycles. The number of allylic oxidation sites excluding steroid dienone is 2. The number of amides is 1. The molecule has 0 saturated heterocycles. The number of hydrogen-bond acceptors (Lipinski definition) is 4. The van der Waals surface area contributed by atoms with Crippen molar-refractivity contribution < 1.29 is 9.32 Å². The third kappa shape index (κ3) is 3.87. The molecule has 4 rings (SSSR count). The van der Waals surface area contributed by atoms with Crippen molar-refractivity contribution in [2.45, 2.75) is 69.4 Å². The normalized spacial score (nSPS) is 27.6. The van der Waals surface area contributed by atoms with E-state index in [2.05, 4.69) is 28.7 Å². The number of nitrogens with one attached hydrogen (secondary N) is 1. The second kappa shape index (κ2) is 7.16. The van der Waals surface area contributed by atoms with Crippen molar-refractivity contribution in [3.05, 3.63) is 41.3 Å². The molecular formula is C20H27N3O2. The molecule has 1 atom stereocenters. The van der Waals surface area contributed by atoms with E-state index in [0.29, 0.717) is 23.6 Å². The van der Waals surface area contributed by atoms with Crippen LogP contribution in [0.2, 0.25) is 0 Å². The third-order valence-electron chi connectivity index (χ3n) is 5.70. The predicted molar refractivity (Wildman–Crippen MR) is 96.1 cm³/mol. The molecule has 3 N–H and O–H groups in total. The van der Waals surface area contributed by atoms with E-state index in [1.54, 1.807) is 0 Å². The van der Waals surface area contributed by atoms with E-state index in [1.165, 1.54) is 5.57 Å². The summed E-state index contributed by atoms with van der Waals surface area (Å²) in [5.74, 6) is 1.62. The minimum absolute atomic E-state index is 0.0395. The van der Waals surface area contributed by atoms with Gasteiger partial charge in [-0.25, -0.2) is 0 Å². The number of hydrogen-bond donors (Lipinski definition) is 2. The first kappa shape index (κ1) is 16.6. The minimum Gasteiger partial charge on any atom is -0.360 e. The Bertz CT molecular complexity index is 679. The summed E-state index contributed by atoms with van der Waals surface area (Å²) in [5, 5.41) is 7.23. The van der Waals surface area contributed by atoms with E-state index in [4.69, 9.17) is 10.3 Å². The van der Waals surface area contributed by atoms with E-state index in [9.17, 15) is 4.79 Å². The van der Waals surface area contributed by atoms with Gasteiger partial charge in [0.15, 0.2) is 5.69 Å². The van der Waals surface area contributed by atoms with E-state index < -0.39 is 0 Å². The summed E-state index contributed by atoms with van der Waals surface area (Å²) in [7, 11) is 0. The Kier molecular flexibility index (Phi) is 4.75. The summed E-state index contributed by atoms with van der Waals surface area (Å²) in [4.78, 5) is 12.8. The maximum absolute atomic E-state index is 12.8. The number of carbonyl (C=O) groups is 1. The van der Waals surface area contributed by atoms with Crippen LogP contribution in [-0.2, 0) is 0 Å². The molecule has 0 aliphatic heterocycles. The highest BCUT2D eigenvalue weighted by Gasteiger charge is 2.32. The van der Waals surface area contributed by atoms with Crippen LogP contribution in [0.4, 0.5) is 0 Å². The van der Waals surface area contributed by atoms with Crippen LogP contribution in [0.15, 0.2) is 34.4 Å². The molecule has 0 bridgehead atoms. The lowest BCUT2D eigenvalue weighted by atomic mass is 9.78. The van der Waals surface area contributed by atoms with Crippen LogP contribution in [0.5, 0.6) is 0 Å². The van der Waals surface area contributed by atoms with Crippen molar-refractivity contribution >= 4 is 5.91 Å². The number of aromatic nitrogens is 1. The standard InChI is InChI=1S/C20H27N3O2/c21-16-10-8-15(9-11-16)19(14-4-2-1-3-5-14)22-20(24)17-12-18(25-23-17)13-6-7-13/h2,4-5,12-13,15-16,19H,1,3,6-11,21H2,(H,22,24). The van der Waals surface area contributed by atoms with Crippen molar-refractivity contribution in [2.75, 3.05) is 0 Å². The zero-order chi connectivity index (χ0) is 17.2. The first-order chi connectivity index (χ1) is 12.2. The Balaban J connectivity index is 1.49. The van der Waals surface area contributed by atoms with Crippen molar-refractivity contribution in [1.29, 1.82) is 0 Å². The highest BCUT2D eigenvalue weighted by atomic mass is 16.5. The smallest absolute Gasteiger partial charge is 0.273 e. The Morgan fingerprint density at radius 2 is 2.00 bits per heavy atom. The van der Waals surface area contributed by atoms with Crippen molar-refractivity contribution in [1.82, 2.24) is 10.5 Å². The summed E-state index contributed by atoms with van der Waals surface area (Å²) >= 11 is 0. The van der Waals surface area contributed by atoms with Crippen LogP contribution in [0.3, 0.4) is 0 Å². The summed E-state index contributed by atoms with van der Waals surface area (Å²) in [5.41, 5.74) is 7.70. The zero-order valence-electron chi connectivity index (χ0n) is 14.6. The summed E-state index contributed by atoms with van der Waals surface area (Å²) < 4.78 is 5.34. The quantitative estimate of drug-likeness (QED) is 0.859. The molecule has 3 aliphatic rings. The third-order valence-corrected chi connectivity index (χ3v) is 5.70. The van der Waals surface area contributed by atoms with E-state index in [0.717, 1.165) is 57.1 Å². The SMILES string of the molecule is NC1CCC(C(NC(=O)c2cc(C3CC3)on2)C2=CCCC=C2)CC1. The molecule has 1 aromatic heterocycles. The van der Waals surface area contributed by atoms with E-state index in [1.807, 2.05) is 6.07 Å². The average molecular weight is 341 g/mol. The molecule has 0 radical (unpaired) electrons. The summed E-state index contributed by atoms with van der Waals surface area (Å²) in [6.45, 7) is 0. The Morgan fingerprint density at radius 1 is 1.20 bits per heavy atom. The van der Waals surface area contributed by atoms with E-state index >= 15 is 0 Å². The molecule has 2 saturated carbocycles. The van der Waals surface area contributed by atoms with Crippen LogP contribution in [-0.4, -0.2) is 23.1 Å². The Morgan fingerprint density at radius 3 is 2.68 bits per heavy atom. The number of nitrogens with zero attached hydrogens (tertiary/aromatic N) is 1. The number of nitrogens with two attached hydrogens (primary N) is 1. The molecule has 0 spiro atoms. The fourth-order valence-corrected chi connectivity index (χ4v) is 3.99. The Hall–Kier alpha value is -1.88. The highest BCUT2D eigenvalue weighted by molar-refractivity contribution is 5.92. The number of carbonyl (C=O) groups excluding carboxylic acids is 1. The van der Waals surface area contributed by atoms with Gasteiger partial charge in [-0.1, -0.05) is 23.4 Å². The van der Waals surface area contributed by atoms with Crippen molar-refractivity contribution in [2.24, 2.45) is 11.7 Å². The van der Waals surface area contributed by atoms with Crippen LogP contribution in [0, 0.1) is 5.92 Å². The second-order valence-electron chi connectivity index (χ2n) is 7.70.